The van der Waals surface area contributed by atoms with E-state index < -0.39 is 0 Å². The first-order chi connectivity index (χ1) is 11.0. The smallest absolute Gasteiger partial charge is 0.253 e. The van der Waals surface area contributed by atoms with Crippen LogP contribution >= 0.6 is 0 Å². The maximum atomic E-state index is 12.3. The minimum atomic E-state index is -0.114. The molecule has 3 aromatic rings. The van der Waals surface area contributed by atoms with Crippen molar-refractivity contribution in [2.45, 2.75) is 13.5 Å². The van der Waals surface area contributed by atoms with Crippen molar-refractivity contribution in [3.8, 4) is 0 Å². The highest BCUT2D eigenvalue weighted by molar-refractivity contribution is 5.95. The maximum Gasteiger partial charge on any atom is 0.253 e. The van der Waals surface area contributed by atoms with Crippen LogP contribution in [0.3, 0.4) is 0 Å². The Labute approximate surface area is 134 Å². The van der Waals surface area contributed by atoms with Crippen LogP contribution in [-0.2, 0) is 6.54 Å². The predicted molar refractivity (Wildman–Crippen MR) is 89.7 cm³/mol. The van der Waals surface area contributed by atoms with Gasteiger partial charge in [0.15, 0.2) is 0 Å². The normalized spacial score (nSPS) is 10.7. The Morgan fingerprint density at radius 3 is 2.83 bits per heavy atom. The molecule has 0 aliphatic rings. The van der Waals surface area contributed by atoms with Crippen molar-refractivity contribution >= 4 is 17.4 Å². The Morgan fingerprint density at radius 2 is 2.09 bits per heavy atom. The van der Waals surface area contributed by atoms with Gasteiger partial charge in [0, 0.05) is 37.7 Å². The molecule has 0 saturated heterocycles. The molecule has 3 rings (SSSR count). The minimum Gasteiger partial charge on any atom is -0.347 e. The predicted octanol–water partition coefficient (Wildman–Crippen LogP) is 2.03. The fourth-order valence-electron chi connectivity index (χ4n) is 2.36. The number of amides is 1. The molecule has 1 amide bonds. The van der Waals surface area contributed by atoms with Crippen molar-refractivity contribution in [2.24, 2.45) is 0 Å². The highest BCUT2D eigenvalue weighted by Crippen LogP contribution is 2.11. The molecule has 0 bridgehead atoms. The molecule has 6 heteroatoms. The standard InChI is InChI=1S/C17H19N5O/c1-12-8-14(20-17(19-12)21(2)3)10-18-16(23)13-9-15-6-4-5-7-22(15)11-13/h4-9,11H,10H2,1-3H3,(H,18,23). The number of rotatable bonds is 4. The number of anilines is 1. The largest absolute Gasteiger partial charge is 0.347 e. The van der Waals surface area contributed by atoms with E-state index in [1.54, 1.807) is 0 Å². The van der Waals surface area contributed by atoms with Crippen molar-refractivity contribution in [3.63, 3.8) is 0 Å². The summed E-state index contributed by atoms with van der Waals surface area (Å²) in [5, 5.41) is 2.91. The second kappa shape index (κ2) is 6.08. The molecule has 118 valence electrons. The first kappa shape index (κ1) is 15.0. The molecule has 0 saturated carbocycles. The third kappa shape index (κ3) is 3.31. The summed E-state index contributed by atoms with van der Waals surface area (Å²) >= 11 is 0. The molecule has 0 radical (unpaired) electrons. The van der Waals surface area contributed by atoms with Crippen LogP contribution in [-0.4, -0.2) is 34.4 Å². The van der Waals surface area contributed by atoms with Crippen LogP contribution in [0.2, 0.25) is 0 Å². The fourth-order valence-corrected chi connectivity index (χ4v) is 2.36. The lowest BCUT2D eigenvalue weighted by molar-refractivity contribution is 0.0950. The summed E-state index contributed by atoms with van der Waals surface area (Å²) in [5.41, 5.74) is 3.29. The molecule has 0 unspecified atom stereocenters. The lowest BCUT2D eigenvalue weighted by atomic mass is 10.3. The number of hydrogen-bond acceptors (Lipinski definition) is 4. The van der Waals surface area contributed by atoms with Crippen LogP contribution in [0.1, 0.15) is 21.7 Å². The van der Waals surface area contributed by atoms with Crippen molar-refractivity contribution in [1.82, 2.24) is 19.7 Å². The summed E-state index contributed by atoms with van der Waals surface area (Å²) < 4.78 is 1.92. The van der Waals surface area contributed by atoms with Gasteiger partial charge in [-0.1, -0.05) is 6.07 Å². The number of nitrogens with zero attached hydrogens (tertiary/aromatic N) is 4. The lowest BCUT2D eigenvalue weighted by Crippen LogP contribution is -2.24. The monoisotopic (exact) mass is 309 g/mol. The van der Waals surface area contributed by atoms with Crippen LogP contribution in [0, 0.1) is 6.92 Å². The second-order valence-electron chi connectivity index (χ2n) is 5.64. The van der Waals surface area contributed by atoms with Gasteiger partial charge in [-0.3, -0.25) is 4.79 Å². The molecular weight excluding hydrogens is 290 g/mol. The van der Waals surface area contributed by atoms with Gasteiger partial charge in [-0.15, -0.1) is 0 Å². The molecule has 0 aromatic carbocycles. The number of fused-ring (bicyclic) bond motifs is 1. The molecule has 23 heavy (non-hydrogen) atoms. The van der Waals surface area contributed by atoms with E-state index in [-0.39, 0.29) is 5.91 Å². The molecule has 0 spiro atoms. The Hall–Kier alpha value is -2.89. The Bertz CT molecular complexity index is 820. The third-order valence-corrected chi connectivity index (χ3v) is 3.49. The summed E-state index contributed by atoms with van der Waals surface area (Å²) in [5.74, 6) is 0.528. The Morgan fingerprint density at radius 1 is 1.26 bits per heavy atom. The van der Waals surface area contributed by atoms with Crippen LogP contribution in [0.4, 0.5) is 5.95 Å². The van der Waals surface area contributed by atoms with Crippen molar-refractivity contribution in [2.75, 3.05) is 19.0 Å². The van der Waals surface area contributed by atoms with Crippen LogP contribution < -0.4 is 10.2 Å². The molecule has 0 fully saturated rings. The average Bonchev–Trinajstić information content (AvgIpc) is 2.96. The van der Waals surface area contributed by atoms with Gasteiger partial charge in [0.05, 0.1) is 17.8 Å². The van der Waals surface area contributed by atoms with Crippen molar-refractivity contribution in [1.29, 1.82) is 0 Å². The molecule has 0 aliphatic heterocycles. The van der Waals surface area contributed by atoms with Crippen LogP contribution in [0.5, 0.6) is 0 Å². The van der Waals surface area contributed by atoms with Crippen LogP contribution in [0.25, 0.3) is 5.52 Å². The molecule has 6 nitrogen and oxygen atoms in total. The minimum absolute atomic E-state index is 0.114. The van der Waals surface area contributed by atoms with E-state index in [2.05, 4.69) is 15.3 Å². The molecule has 3 heterocycles. The van der Waals surface area contributed by atoms with Gasteiger partial charge in [0.2, 0.25) is 5.95 Å². The van der Waals surface area contributed by atoms with Gasteiger partial charge in [-0.05, 0) is 31.2 Å². The van der Waals surface area contributed by atoms with Gasteiger partial charge < -0.3 is 14.6 Å². The number of carbonyl (C=O) groups is 1. The molecular formula is C17H19N5O. The fraction of sp³-hybridized carbons (Fsp3) is 0.235. The zero-order chi connectivity index (χ0) is 16.4. The second-order valence-corrected chi connectivity index (χ2v) is 5.64. The Balaban J connectivity index is 1.73. The van der Waals surface area contributed by atoms with Gasteiger partial charge in [0.25, 0.3) is 5.91 Å². The summed E-state index contributed by atoms with van der Waals surface area (Å²) in [4.78, 5) is 22.9. The van der Waals surface area contributed by atoms with E-state index in [1.807, 2.05) is 73.0 Å². The quantitative estimate of drug-likeness (QED) is 0.801. The number of pyridine rings is 1. The van der Waals surface area contributed by atoms with Crippen molar-refractivity contribution < 1.29 is 4.79 Å². The van der Waals surface area contributed by atoms with Crippen LogP contribution in [0.15, 0.2) is 42.7 Å². The van der Waals surface area contributed by atoms with E-state index in [9.17, 15) is 4.79 Å². The zero-order valence-electron chi connectivity index (χ0n) is 13.4. The van der Waals surface area contributed by atoms with E-state index in [1.165, 1.54) is 0 Å². The molecule has 1 N–H and O–H groups in total. The molecule has 0 atom stereocenters. The van der Waals surface area contributed by atoms with E-state index in [0.717, 1.165) is 16.9 Å². The van der Waals surface area contributed by atoms with Gasteiger partial charge in [-0.25, -0.2) is 9.97 Å². The summed E-state index contributed by atoms with van der Waals surface area (Å²) in [6.45, 7) is 2.29. The number of carbonyl (C=O) groups excluding carboxylic acids is 1. The molecule has 0 aliphatic carbocycles. The van der Waals surface area contributed by atoms with Gasteiger partial charge in [0.1, 0.15) is 0 Å². The zero-order valence-corrected chi connectivity index (χ0v) is 13.4. The van der Waals surface area contributed by atoms with Crippen molar-refractivity contribution in [3.05, 3.63) is 59.7 Å². The first-order valence-electron chi connectivity index (χ1n) is 7.40. The number of hydrogen-bond donors (Lipinski definition) is 1. The number of aromatic nitrogens is 3. The van der Waals surface area contributed by atoms with Gasteiger partial charge >= 0.3 is 0 Å². The maximum absolute atomic E-state index is 12.3. The number of nitrogens with one attached hydrogen (secondary N) is 1. The third-order valence-electron chi connectivity index (χ3n) is 3.49. The highest BCUT2D eigenvalue weighted by atomic mass is 16.1. The SMILES string of the molecule is Cc1cc(CNC(=O)c2cc3ccccn3c2)nc(N(C)C)n1. The molecule has 3 aromatic heterocycles. The summed E-state index contributed by atoms with van der Waals surface area (Å²) in [6, 6.07) is 9.59. The summed E-state index contributed by atoms with van der Waals surface area (Å²) in [6.07, 6.45) is 3.74. The van der Waals surface area contributed by atoms with E-state index >= 15 is 0 Å². The summed E-state index contributed by atoms with van der Waals surface area (Å²) in [7, 11) is 3.79. The Kier molecular flexibility index (Phi) is 3.97. The van der Waals surface area contributed by atoms with E-state index in [0.29, 0.717) is 18.1 Å². The first-order valence-corrected chi connectivity index (χ1v) is 7.40. The van der Waals surface area contributed by atoms with Gasteiger partial charge in [-0.2, -0.15) is 0 Å². The topological polar surface area (TPSA) is 62.5 Å². The average molecular weight is 309 g/mol. The number of aryl methyl sites for hydroxylation is 1. The highest BCUT2D eigenvalue weighted by Gasteiger charge is 2.10. The lowest BCUT2D eigenvalue weighted by Gasteiger charge is -2.12. The van der Waals surface area contributed by atoms with E-state index in [4.69, 9.17) is 0 Å².